The van der Waals surface area contributed by atoms with E-state index in [1.807, 2.05) is 17.8 Å². The lowest BCUT2D eigenvalue weighted by Crippen LogP contribution is -2.09. The molecule has 2 heterocycles. The van der Waals surface area contributed by atoms with Crippen LogP contribution >= 0.6 is 0 Å². The van der Waals surface area contributed by atoms with Gasteiger partial charge in [-0.25, -0.2) is 4.98 Å². The van der Waals surface area contributed by atoms with Gasteiger partial charge in [-0.15, -0.1) is 0 Å². The van der Waals surface area contributed by atoms with Crippen LogP contribution in [-0.4, -0.2) is 26.6 Å². The predicted octanol–water partition coefficient (Wildman–Crippen LogP) is 0.446. The Morgan fingerprint density at radius 3 is 2.76 bits per heavy atom. The maximum atomic E-state index is 5.59. The molecule has 0 atom stereocenters. The van der Waals surface area contributed by atoms with Crippen molar-refractivity contribution >= 4 is 17.6 Å². The van der Waals surface area contributed by atoms with Gasteiger partial charge in [-0.2, -0.15) is 9.97 Å². The van der Waals surface area contributed by atoms with Gasteiger partial charge in [0.2, 0.25) is 5.95 Å². The summed E-state index contributed by atoms with van der Waals surface area (Å²) in [5.74, 6) is 2.51. The van der Waals surface area contributed by atoms with Crippen molar-refractivity contribution in [1.29, 1.82) is 0 Å². The summed E-state index contributed by atoms with van der Waals surface area (Å²) in [6.45, 7) is 0.586. The Bertz CT molecular complexity index is 505. The molecule has 2 aromatic heterocycles. The number of hydrogen-bond donors (Lipinski definition) is 3. The fourth-order valence-corrected chi connectivity index (χ4v) is 1.42. The van der Waals surface area contributed by atoms with Gasteiger partial charge < -0.3 is 20.9 Å². The number of nitrogen functional groups attached to an aromatic ring is 1. The first-order valence-corrected chi connectivity index (χ1v) is 5.21. The molecule has 4 N–H and O–H groups in total. The number of nitrogens with one attached hydrogen (secondary N) is 2. The van der Waals surface area contributed by atoms with Crippen LogP contribution in [0.2, 0.25) is 0 Å². The van der Waals surface area contributed by atoms with Gasteiger partial charge in [0.05, 0.1) is 6.54 Å². The second-order valence-corrected chi connectivity index (χ2v) is 3.55. The van der Waals surface area contributed by atoms with Crippen LogP contribution in [0.25, 0.3) is 0 Å². The van der Waals surface area contributed by atoms with Crippen LogP contribution in [0, 0.1) is 0 Å². The Morgan fingerprint density at radius 2 is 2.12 bits per heavy atom. The lowest BCUT2D eigenvalue weighted by Gasteiger charge is -2.08. The molecular weight excluding hydrogens is 218 g/mol. The molecule has 7 nitrogen and oxygen atoms in total. The lowest BCUT2D eigenvalue weighted by atomic mass is 10.5. The van der Waals surface area contributed by atoms with E-state index in [1.54, 1.807) is 19.3 Å². The minimum atomic E-state index is 0.235. The summed E-state index contributed by atoms with van der Waals surface area (Å²) in [4.78, 5) is 12.3. The van der Waals surface area contributed by atoms with Gasteiger partial charge in [-0.3, -0.25) is 0 Å². The van der Waals surface area contributed by atoms with Crippen molar-refractivity contribution in [2.45, 2.75) is 6.54 Å². The second kappa shape index (κ2) is 4.69. The van der Waals surface area contributed by atoms with Crippen molar-refractivity contribution in [2.24, 2.45) is 7.05 Å². The van der Waals surface area contributed by atoms with Gasteiger partial charge in [-0.1, -0.05) is 0 Å². The normalized spacial score (nSPS) is 10.2. The highest BCUT2D eigenvalue weighted by Crippen LogP contribution is 2.12. The van der Waals surface area contributed by atoms with Crippen LogP contribution in [-0.2, 0) is 13.6 Å². The molecule has 0 unspecified atom stereocenters. The fourth-order valence-electron chi connectivity index (χ4n) is 1.42. The molecule has 0 amide bonds. The third-order valence-corrected chi connectivity index (χ3v) is 2.35. The molecule has 0 aliphatic heterocycles. The lowest BCUT2D eigenvalue weighted by molar-refractivity contribution is 0.810. The topological polar surface area (TPSA) is 93.7 Å². The average Bonchev–Trinajstić information content (AvgIpc) is 2.71. The predicted molar refractivity (Wildman–Crippen MR) is 66.5 cm³/mol. The zero-order valence-corrected chi connectivity index (χ0v) is 9.81. The van der Waals surface area contributed by atoms with E-state index in [2.05, 4.69) is 25.6 Å². The van der Waals surface area contributed by atoms with Crippen LogP contribution in [0.3, 0.4) is 0 Å². The quantitative estimate of drug-likeness (QED) is 0.709. The van der Waals surface area contributed by atoms with Gasteiger partial charge >= 0.3 is 0 Å². The summed E-state index contributed by atoms with van der Waals surface area (Å²) >= 11 is 0. The fraction of sp³-hybridized carbons (Fsp3) is 0.300. The summed E-state index contributed by atoms with van der Waals surface area (Å²) in [7, 11) is 3.72. The van der Waals surface area contributed by atoms with E-state index in [1.165, 1.54) is 0 Å². The van der Waals surface area contributed by atoms with E-state index >= 15 is 0 Å². The minimum absolute atomic E-state index is 0.235. The molecule has 0 spiro atoms. The first kappa shape index (κ1) is 11.2. The number of rotatable bonds is 4. The number of nitrogens with zero attached hydrogens (tertiary/aromatic N) is 4. The number of anilines is 3. The Labute approximate surface area is 99.1 Å². The molecule has 0 fully saturated rings. The maximum Gasteiger partial charge on any atom is 0.223 e. The van der Waals surface area contributed by atoms with Gasteiger partial charge in [0.15, 0.2) is 0 Å². The first-order chi connectivity index (χ1) is 8.19. The smallest absolute Gasteiger partial charge is 0.223 e. The monoisotopic (exact) mass is 233 g/mol. The van der Waals surface area contributed by atoms with Crippen LogP contribution in [0.1, 0.15) is 5.82 Å². The van der Waals surface area contributed by atoms with E-state index < -0.39 is 0 Å². The number of aryl methyl sites for hydroxylation is 1. The summed E-state index contributed by atoms with van der Waals surface area (Å²) in [5, 5.41) is 6.07. The molecular formula is C10H15N7. The first-order valence-electron chi connectivity index (χ1n) is 5.21. The molecule has 0 radical (unpaired) electrons. The molecule has 0 aromatic carbocycles. The Balaban J connectivity index is 2.09. The number of aromatic nitrogens is 4. The van der Waals surface area contributed by atoms with E-state index in [-0.39, 0.29) is 5.95 Å². The highest BCUT2D eigenvalue weighted by atomic mass is 15.1. The van der Waals surface area contributed by atoms with Crippen molar-refractivity contribution < 1.29 is 0 Å². The zero-order chi connectivity index (χ0) is 12.3. The largest absolute Gasteiger partial charge is 0.373 e. The molecule has 0 bridgehead atoms. The van der Waals surface area contributed by atoms with Gasteiger partial charge in [0, 0.05) is 32.6 Å². The Kier molecular flexibility index (Phi) is 3.08. The van der Waals surface area contributed by atoms with E-state index in [4.69, 9.17) is 5.73 Å². The summed E-state index contributed by atoms with van der Waals surface area (Å²) < 4.78 is 1.94. The third-order valence-electron chi connectivity index (χ3n) is 2.35. The number of imidazole rings is 1. The Morgan fingerprint density at radius 1 is 1.35 bits per heavy atom. The molecule has 2 rings (SSSR count). The summed E-state index contributed by atoms with van der Waals surface area (Å²) in [5.41, 5.74) is 5.59. The highest BCUT2D eigenvalue weighted by Gasteiger charge is 2.03. The van der Waals surface area contributed by atoms with Crippen LogP contribution in [0.5, 0.6) is 0 Å². The van der Waals surface area contributed by atoms with Crippen molar-refractivity contribution in [3.8, 4) is 0 Å². The SMILES string of the molecule is CNc1cc(NCc2nccn2C)nc(N)n1. The maximum absolute atomic E-state index is 5.59. The van der Waals surface area contributed by atoms with Crippen LogP contribution < -0.4 is 16.4 Å². The molecule has 17 heavy (non-hydrogen) atoms. The molecule has 0 aliphatic carbocycles. The third kappa shape index (κ3) is 2.63. The molecule has 7 heteroatoms. The molecule has 0 aliphatic rings. The molecule has 0 saturated carbocycles. The summed E-state index contributed by atoms with van der Waals surface area (Å²) in [6.07, 6.45) is 3.65. The van der Waals surface area contributed by atoms with Crippen molar-refractivity contribution in [2.75, 3.05) is 23.4 Å². The van der Waals surface area contributed by atoms with E-state index in [9.17, 15) is 0 Å². The zero-order valence-electron chi connectivity index (χ0n) is 9.81. The number of nitrogens with two attached hydrogens (primary N) is 1. The second-order valence-electron chi connectivity index (χ2n) is 3.55. The number of hydrogen-bond acceptors (Lipinski definition) is 6. The minimum Gasteiger partial charge on any atom is -0.373 e. The average molecular weight is 233 g/mol. The van der Waals surface area contributed by atoms with Crippen molar-refractivity contribution in [3.05, 3.63) is 24.3 Å². The summed E-state index contributed by atoms with van der Waals surface area (Å²) in [6, 6.07) is 1.79. The standard InChI is InChI=1S/C10H15N7/c1-12-7-5-8(16-10(11)15-7)14-6-9-13-3-4-17(9)2/h3-5H,6H2,1-2H3,(H4,11,12,14,15,16). The molecule has 2 aromatic rings. The van der Waals surface area contributed by atoms with E-state index in [0.29, 0.717) is 18.2 Å². The Hall–Kier alpha value is -2.31. The van der Waals surface area contributed by atoms with Crippen molar-refractivity contribution in [3.63, 3.8) is 0 Å². The van der Waals surface area contributed by atoms with E-state index in [0.717, 1.165) is 5.82 Å². The van der Waals surface area contributed by atoms with Crippen LogP contribution in [0.4, 0.5) is 17.6 Å². The highest BCUT2D eigenvalue weighted by molar-refractivity contribution is 5.50. The van der Waals surface area contributed by atoms with Gasteiger partial charge in [0.25, 0.3) is 0 Å². The van der Waals surface area contributed by atoms with Gasteiger partial charge in [-0.05, 0) is 0 Å². The van der Waals surface area contributed by atoms with Gasteiger partial charge in [0.1, 0.15) is 17.5 Å². The molecule has 90 valence electrons. The van der Waals surface area contributed by atoms with Crippen LogP contribution in [0.15, 0.2) is 18.5 Å². The molecule has 0 saturated heterocycles. The van der Waals surface area contributed by atoms with Crippen molar-refractivity contribution in [1.82, 2.24) is 19.5 Å².